The Kier molecular flexibility index (Phi) is 3.52. The predicted molar refractivity (Wildman–Crippen MR) is 83.5 cm³/mol. The molecule has 0 aliphatic rings. The Bertz CT molecular complexity index is 723. The van der Waals surface area contributed by atoms with Crippen molar-refractivity contribution in [3.05, 3.63) is 54.2 Å². The summed E-state index contributed by atoms with van der Waals surface area (Å²) < 4.78 is 1.89. The number of benzene rings is 2. The van der Waals surface area contributed by atoms with Gasteiger partial charge in [-0.05, 0) is 17.3 Å². The van der Waals surface area contributed by atoms with E-state index in [1.54, 1.807) is 0 Å². The molecule has 0 aliphatic heterocycles. The van der Waals surface area contributed by atoms with Crippen LogP contribution in [0.25, 0.3) is 22.0 Å². The van der Waals surface area contributed by atoms with Gasteiger partial charge in [-0.3, -0.25) is 4.68 Å². The van der Waals surface area contributed by atoms with Crippen molar-refractivity contribution in [2.45, 2.75) is 13.5 Å². The highest BCUT2D eigenvalue weighted by Gasteiger charge is 2.12. The normalized spacial score (nSPS) is 11.1. The second kappa shape index (κ2) is 5.47. The van der Waals surface area contributed by atoms with Gasteiger partial charge in [0.1, 0.15) is 0 Å². The minimum atomic E-state index is 0.850. The Balaban J connectivity index is 2.15. The van der Waals surface area contributed by atoms with Crippen LogP contribution in [0.5, 0.6) is 0 Å². The van der Waals surface area contributed by atoms with Gasteiger partial charge in [0.25, 0.3) is 0 Å². The second-order valence-electron chi connectivity index (χ2n) is 4.98. The maximum Gasteiger partial charge on any atom is 0.0974 e. The fourth-order valence-electron chi connectivity index (χ4n) is 2.59. The molecule has 1 heterocycles. The van der Waals surface area contributed by atoms with Crippen LogP contribution in [0.2, 0.25) is 0 Å². The number of aromatic nitrogens is 2. The van der Waals surface area contributed by atoms with Gasteiger partial charge in [0.05, 0.1) is 5.69 Å². The number of rotatable bonds is 4. The van der Waals surface area contributed by atoms with Crippen molar-refractivity contribution in [2.24, 2.45) is 7.05 Å². The lowest BCUT2D eigenvalue weighted by Crippen LogP contribution is -2.11. The van der Waals surface area contributed by atoms with E-state index in [1.807, 2.05) is 11.7 Å². The van der Waals surface area contributed by atoms with Crippen molar-refractivity contribution in [1.82, 2.24) is 15.1 Å². The largest absolute Gasteiger partial charge is 0.313 e. The fraction of sp³-hybridized carbons (Fsp3) is 0.235. The molecule has 0 fully saturated rings. The molecule has 0 bridgehead atoms. The summed E-state index contributed by atoms with van der Waals surface area (Å²) in [7, 11) is 1.98. The van der Waals surface area contributed by atoms with Crippen LogP contribution in [0.4, 0.5) is 0 Å². The van der Waals surface area contributed by atoms with Gasteiger partial charge in [0, 0.05) is 30.9 Å². The van der Waals surface area contributed by atoms with E-state index in [0.717, 1.165) is 18.8 Å². The summed E-state index contributed by atoms with van der Waals surface area (Å²) in [5, 5.41) is 10.6. The molecule has 0 unspecified atom stereocenters. The van der Waals surface area contributed by atoms with Crippen LogP contribution in [0.1, 0.15) is 12.5 Å². The number of nitrogens with one attached hydrogen (secondary N) is 1. The van der Waals surface area contributed by atoms with Crippen LogP contribution in [-0.4, -0.2) is 16.3 Å². The van der Waals surface area contributed by atoms with E-state index in [-0.39, 0.29) is 0 Å². The molecule has 0 spiro atoms. The minimum absolute atomic E-state index is 0.850. The molecule has 20 heavy (non-hydrogen) atoms. The Morgan fingerprint density at radius 2 is 1.90 bits per heavy atom. The molecule has 1 N–H and O–H groups in total. The minimum Gasteiger partial charge on any atom is -0.313 e. The average molecular weight is 265 g/mol. The lowest BCUT2D eigenvalue weighted by molar-refractivity contribution is 0.724. The monoisotopic (exact) mass is 265 g/mol. The second-order valence-corrected chi connectivity index (χ2v) is 4.98. The maximum atomic E-state index is 4.66. The lowest BCUT2D eigenvalue weighted by Gasteiger charge is -2.07. The molecular weight excluding hydrogens is 246 g/mol. The number of hydrogen-bond acceptors (Lipinski definition) is 2. The summed E-state index contributed by atoms with van der Waals surface area (Å²) in [5.74, 6) is 0. The van der Waals surface area contributed by atoms with Crippen LogP contribution in [0.3, 0.4) is 0 Å². The first-order valence-corrected chi connectivity index (χ1v) is 7.01. The van der Waals surface area contributed by atoms with E-state index in [9.17, 15) is 0 Å². The van der Waals surface area contributed by atoms with Crippen molar-refractivity contribution >= 4 is 10.8 Å². The molecule has 0 saturated carbocycles. The first-order valence-electron chi connectivity index (χ1n) is 7.01. The third kappa shape index (κ3) is 2.32. The molecule has 0 saturated heterocycles. The van der Waals surface area contributed by atoms with Crippen LogP contribution < -0.4 is 5.32 Å². The summed E-state index contributed by atoms with van der Waals surface area (Å²) in [6, 6.07) is 14.9. The summed E-state index contributed by atoms with van der Waals surface area (Å²) in [6.07, 6.45) is 2.10. The van der Waals surface area contributed by atoms with Gasteiger partial charge in [-0.2, -0.15) is 5.10 Å². The zero-order valence-corrected chi connectivity index (χ0v) is 11.9. The number of fused-ring (bicyclic) bond motifs is 1. The van der Waals surface area contributed by atoms with Gasteiger partial charge in [-0.15, -0.1) is 0 Å². The fourth-order valence-corrected chi connectivity index (χ4v) is 2.59. The quantitative estimate of drug-likeness (QED) is 0.784. The summed E-state index contributed by atoms with van der Waals surface area (Å²) in [4.78, 5) is 0. The first-order chi connectivity index (χ1) is 9.79. The molecule has 3 aromatic rings. The Labute approximate surface area is 119 Å². The van der Waals surface area contributed by atoms with E-state index in [1.165, 1.54) is 21.9 Å². The highest BCUT2D eigenvalue weighted by Crippen LogP contribution is 2.29. The van der Waals surface area contributed by atoms with Crippen LogP contribution in [0.15, 0.2) is 48.7 Å². The van der Waals surface area contributed by atoms with Crippen molar-refractivity contribution in [1.29, 1.82) is 0 Å². The lowest BCUT2D eigenvalue weighted by atomic mass is 10.00. The number of nitrogens with zero attached hydrogens (tertiary/aromatic N) is 2. The summed E-state index contributed by atoms with van der Waals surface area (Å²) in [5.41, 5.74) is 3.52. The zero-order chi connectivity index (χ0) is 13.9. The SMILES string of the molecule is CCNCc1cn(C)nc1-c1cccc2ccccc12. The van der Waals surface area contributed by atoms with Crippen molar-refractivity contribution in [3.63, 3.8) is 0 Å². The van der Waals surface area contributed by atoms with Crippen LogP contribution in [-0.2, 0) is 13.6 Å². The molecule has 1 aromatic heterocycles. The van der Waals surface area contributed by atoms with Gasteiger partial charge in [-0.25, -0.2) is 0 Å². The van der Waals surface area contributed by atoms with Crippen LogP contribution in [0, 0.1) is 0 Å². The third-order valence-corrected chi connectivity index (χ3v) is 3.51. The molecule has 102 valence electrons. The van der Waals surface area contributed by atoms with Gasteiger partial charge >= 0.3 is 0 Å². The van der Waals surface area contributed by atoms with E-state index >= 15 is 0 Å². The zero-order valence-electron chi connectivity index (χ0n) is 11.9. The topological polar surface area (TPSA) is 29.9 Å². The third-order valence-electron chi connectivity index (χ3n) is 3.51. The molecule has 2 aromatic carbocycles. The van der Waals surface area contributed by atoms with Crippen molar-refractivity contribution in [2.75, 3.05) is 6.54 Å². The standard InChI is InChI=1S/C17H19N3/c1-3-18-11-14-12-20(2)19-17(14)16-10-6-8-13-7-4-5-9-15(13)16/h4-10,12,18H,3,11H2,1-2H3. The smallest absolute Gasteiger partial charge is 0.0974 e. The molecule has 0 atom stereocenters. The summed E-state index contributed by atoms with van der Waals surface area (Å²) >= 11 is 0. The maximum absolute atomic E-state index is 4.66. The molecule has 3 rings (SSSR count). The Morgan fingerprint density at radius 1 is 1.10 bits per heavy atom. The average Bonchev–Trinajstić information content (AvgIpc) is 2.85. The molecule has 0 radical (unpaired) electrons. The highest BCUT2D eigenvalue weighted by molar-refractivity contribution is 5.96. The predicted octanol–water partition coefficient (Wildman–Crippen LogP) is 3.35. The van der Waals surface area contributed by atoms with E-state index < -0.39 is 0 Å². The molecule has 0 aliphatic carbocycles. The number of hydrogen-bond donors (Lipinski definition) is 1. The van der Waals surface area contributed by atoms with Gasteiger partial charge in [-0.1, -0.05) is 49.4 Å². The van der Waals surface area contributed by atoms with Crippen LogP contribution >= 0.6 is 0 Å². The summed E-state index contributed by atoms with van der Waals surface area (Å²) in [6.45, 7) is 3.93. The molecular formula is C17H19N3. The highest BCUT2D eigenvalue weighted by atomic mass is 15.3. The van der Waals surface area contributed by atoms with E-state index in [4.69, 9.17) is 0 Å². The molecule has 0 amide bonds. The van der Waals surface area contributed by atoms with Gasteiger partial charge in [0.15, 0.2) is 0 Å². The Morgan fingerprint density at radius 3 is 2.75 bits per heavy atom. The molecule has 3 heteroatoms. The van der Waals surface area contributed by atoms with Gasteiger partial charge in [0.2, 0.25) is 0 Å². The molecule has 3 nitrogen and oxygen atoms in total. The van der Waals surface area contributed by atoms with Crippen molar-refractivity contribution < 1.29 is 0 Å². The van der Waals surface area contributed by atoms with Crippen molar-refractivity contribution in [3.8, 4) is 11.3 Å². The van der Waals surface area contributed by atoms with E-state index in [0.29, 0.717) is 0 Å². The first kappa shape index (κ1) is 12.9. The van der Waals surface area contributed by atoms with Gasteiger partial charge < -0.3 is 5.32 Å². The van der Waals surface area contributed by atoms with E-state index in [2.05, 4.69) is 66.0 Å². The number of aryl methyl sites for hydroxylation is 1. The Hall–Kier alpha value is -2.13.